The summed E-state index contributed by atoms with van der Waals surface area (Å²) in [5.74, 6) is -0.503. The number of hydrogen-bond donors (Lipinski definition) is 0. The Morgan fingerprint density at radius 2 is 1.85 bits per heavy atom. The summed E-state index contributed by atoms with van der Waals surface area (Å²) in [6, 6.07) is 11.0. The van der Waals surface area contributed by atoms with Gasteiger partial charge >= 0.3 is 0 Å². The van der Waals surface area contributed by atoms with Crippen LogP contribution in [0.1, 0.15) is 22.8 Å². The molecule has 0 aliphatic carbocycles. The predicted octanol–water partition coefficient (Wildman–Crippen LogP) is 3.71. The third-order valence-corrected chi connectivity index (χ3v) is 7.45. The Hall–Kier alpha value is -1.95. The van der Waals surface area contributed by atoms with E-state index in [1.165, 1.54) is 46.4 Å². The fourth-order valence-corrected chi connectivity index (χ4v) is 5.66. The van der Waals surface area contributed by atoms with E-state index in [2.05, 4.69) is 0 Å². The second-order valence-electron chi connectivity index (χ2n) is 5.85. The van der Waals surface area contributed by atoms with Crippen molar-refractivity contribution in [3.8, 4) is 6.07 Å². The molecule has 2 aromatic carbocycles. The van der Waals surface area contributed by atoms with Crippen LogP contribution in [0.3, 0.4) is 0 Å². The molecule has 0 unspecified atom stereocenters. The Balaban J connectivity index is 1.79. The lowest BCUT2D eigenvalue weighted by Gasteiger charge is -2.20. The minimum Gasteiger partial charge on any atom is -0.207 e. The molecule has 1 atom stereocenters. The molecule has 3 rings (SSSR count). The van der Waals surface area contributed by atoms with Crippen LogP contribution >= 0.6 is 11.8 Å². The Kier molecular flexibility index (Phi) is 5.61. The van der Waals surface area contributed by atoms with Crippen LogP contribution in [-0.2, 0) is 10.0 Å². The number of hydrogen-bond acceptors (Lipinski definition) is 4. The second-order valence-corrected chi connectivity index (χ2v) is 9.10. The van der Waals surface area contributed by atoms with Gasteiger partial charge in [-0.25, -0.2) is 17.2 Å². The molecule has 0 aromatic heterocycles. The summed E-state index contributed by atoms with van der Waals surface area (Å²) in [7, 11) is -3.69. The van der Waals surface area contributed by atoms with E-state index in [1.54, 1.807) is 0 Å². The summed E-state index contributed by atoms with van der Waals surface area (Å²) >= 11 is 1.43. The average Bonchev–Trinajstić information content (AvgIpc) is 2.90. The van der Waals surface area contributed by atoms with Crippen LogP contribution in [0.25, 0.3) is 0 Å². The molecule has 0 saturated carbocycles. The van der Waals surface area contributed by atoms with Crippen LogP contribution in [-0.4, -0.2) is 31.6 Å². The van der Waals surface area contributed by atoms with Crippen molar-refractivity contribution in [2.24, 2.45) is 0 Å². The van der Waals surface area contributed by atoms with E-state index >= 15 is 0 Å². The number of nitrogens with zero attached hydrogens (tertiary/aromatic N) is 2. The Labute approximate surface area is 155 Å². The van der Waals surface area contributed by atoms with Crippen molar-refractivity contribution in [3.05, 3.63) is 65.2 Å². The predicted molar refractivity (Wildman–Crippen MR) is 96.1 cm³/mol. The third-order valence-electron chi connectivity index (χ3n) is 4.23. The van der Waals surface area contributed by atoms with Crippen molar-refractivity contribution in [1.82, 2.24) is 4.31 Å². The van der Waals surface area contributed by atoms with E-state index in [4.69, 9.17) is 5.26 Å². The maximum Gasteiger partial charge on any atom is 0.243 e. The third kappa shape index (κ3) is 3.90. The van der Waals surface area contributed by atoms with Crippen molar-refractivity contribution in [3.63, 3.8) is 0 Å². The topological polar surface area (TPSA) is 61.2 Å². The summed E-state index contributed by atoms with van der Waals surface area (Å²) in [6.07, 6.45) is 0.389. The van der Waals surface area contributed by atoms with Crippen LogP contribution in [0.4, 0.5) is 8.78 Å². The van der Waals surface area contributed by atoms with Crippen LogP contribution < -0.4 is 0 Å². The van der Waals surface area contributed by atoms with Gasteiger partial charge in [0.15, 0.2) is 0 Å². The maximum absolute atomic E-state index is 14.0. The van der Waals surface area contributed by atoms with Gasteiger partial charge in [-0.2, -0.15) is 21.3 Å². The van der Waals surface area contributed by atoms with E-state index in [-0.39, 0.29) is 22.3 Å². The molecule has 0 amide bonds. The first-order valence-electron chi connectivity index (χ1n) is 7.98. The van der Waals surface area contributed by atoms with Crippen molar-refractivity contribution < 1.29 is 17.2 Å². The summed E-state index contributed by atoms with van der Waals surface area (Å²) in [5, 5.41) is 8.53. The Morgan fingerprint density at radius 3 is 2.54 bits per heavy atom. The average molecular weight is 394 g/mol. The molecule has 1 aliphatic rings. The molecule has 8 heteroatoms. The first-order chi connectivity index (χ1) is 12.4. The quantitative estimate of drug-likeness (QED) is 0.796. The van der Waals surface area contributed by atoms with Gasteiger partial charge in [0, 0.05) is 29.7 Å². The second kappa shape index (κ2) is 7.74. The molecule has 1 heterocycles. The molecule has 0 spiro atoms. The first kappa shape index (κ1) is 18.8. The molecule has 0 bridgehead atoms. The molecule has 4 nitrogen and oxygen atoms in total. The largest absolute Gasteiger partial charge is 0.243 e. The van der Waals surface area contributed by atoms with Gasteiger partial charge in [0.05, 0.1) is 16.5 Å². The highest BCUT2D eigenvalue weighted by Crippen LogP contribution is 2.37. The summed E-state index contributed by atoms with van der Waals surface area (Å²) in [4.78, 5) is 0.122. The van der Waals surface area contributed by atoms with Gasteiger partial charge in [-0.05, 0) is 48.9 Å². The van der Waals surface area contributed by atoms with Gasteiger partial charge in [0.1, 0.15) is 11.6 Å². The standard InChI is InChI=1S/C18H16F2N2O2S2/c19-14-3-6-17(20)16(11-14)18-7-8-22(9-10-25-18)26(23,24)15-4-1-13(12-21)2-5-15/h1-6,11,18H,7-10H2/t18-/m1/s1. The molecule has 136 valence electrons. The number of rotatable bonds is 3. The fourth-order valence-electron chi connectivity index (χ4n) is 2.85. The van der Waals surface area contributed by atoms with Crippen molar-refractivity contribution in [1.29, 1.82) is 5.26 Å². The highest BCUT2D eigenvalue weighted by atomic mass is 32.2. The van der Waals surface area contributed by atoms with Crippen molar-refractivity contribution >= 4 is 21.8 Å². The summed E-state index contributed by atoms with van der Waals surface area (Å²) in [6.45, 7) is 0.510. The first-order valence-corrected chi connectivity index (χ1v) is 10.5. The minimum absolute atomic E-state index is 0.122. The lowest BCUT2D eigenvalue weighted by atomic mass is 10.1. The van der Waals surface area contributed by atoms with Crippen molar-refractivity contribution in [2.45, 2.75) is 16.6 Å². The fraction of sp³-hybridized carbons (Fsp3) is 0.278. The number of benzene rings is 2. The van der Waals surface area contributed by atoms with E-state index < -0.39 is 21.7 Å². The highest BCUT2D eigenvalue weighted by Gasteiger charge is 2.29. The highest BCUT2D eigenvalue weighted by molar-refractivity contribution is 7.99. The molecule has 0 N–H and O–H groups in total. The van der Waals surface area contributed by atoms with Gasteiger partial charge in [0.2, 0.25) is 10.0 Å². The van der Waals surface area contributed by atoms with Crippen LogP contribution in [0.5, 0.6) is 0 Å². The molecule has 1 aliphatic heterocycles. The Morgan fingerprint density at radius 1 is 1.12 bits per heavy atom. The number of halogens is 2. The van der Waals surface area contributed by atoms with E-state index in [9.17, 15) is 17.2 Å². The lowest BCUT2D eigenvalue weighted by Crippen LogP contribution is -2.33. The van der Waals surface area contributed by atoms with Crippen LogP contribution in [0.2, 0.25) is 0 Å². The van der Waals surface area contributed by atoms with Crippen molar-refractivity contribution in [2.75, 3.05) is 18.8 Å². The van der Waals surface area contributed by atoms with Gasteiger partial charge in [-0.15, -0.1) is 0 Å². The molecule has 26 heavy (non-hydrogen) atoms. The zero-order chi connectivity index (χ0) is 18.7. The Bertz CT molecular complexity index is 941. The smallest absolute Gasteiger partial charge is 0.207 e. The number of sulfonamides is 1. The molecule has 0 radical (unpaired) electrons. The lowest BCUT2D eigenvalue weighted by molar-refractivity contribution is 0.426. The zero-order valence-electron chi connectivity index (χ0n) is 13.7. The van der Waals surface area contributed by atoms with E-state index in [0.717, 1.165) is 12.1 Å². The SMILES string of the molecule is N#Cc1ccc(S(=O)(=O)N2CCS[C@@H](c3cc(F)ccc3F)CC2)cc1. The van der Waals surface area contributed by atoms with Gasteiger partial charge in [0.25, 0.3) is 0 Å². The maximum atomic E-state index is 14.0. The molecular weight excluding hydrogens is 378 g/mol. The minimum atomic E-state index is -3.69. The molecule has 2 aromatic rings. The van der Waals surface area contributed by atoms with Gasteiger partial charge in [-0.3, -0.25) is 0 Å². The molecule has 1 saturated heterocycles. The van der Waals surface area contributed by atoms with E-state index in [1.807, 2.05) is 6.07 Å². The summed E-state index contributed by atoms with van der Waals surface area (Å²) < 4.78 is 54.4. The monoisotopic (exact) mass is 394 g/mol. The van der Waals surface area contributed by atoms with Gasteiger partial charge < -0.3 is 0 Å². The molecular formula is C18H16F2N2O2S2. The number of nitriles is 1. The molecule has 1 fully saturated rings. The zero-order valence-corrected chi connectivity index (χ0v) is 15.4. The van der Waals surface area contributed by atoms with E-state index in [0.29, 0.717) is 24.3 Å². The van der Waals surface area contributed by atoms with Crippen LogP contribution in [0, 0.1) is 23.0 Å². The summed E-state index contributed by atoms with van der Waals surface area (Å²) in [5.41, 5.74) is 0.657. The van der Waals surface area contributed by atoms with Gasteiger partial charge in [-0.1, -0.05) is 0 Å². The van der Waals surface area contributed by atoms with Crippen LogP contribution in [0.15, 0.2) is 47.4 Å². The normalized spacial score (nSPS) is 18.9. The number of thioether (sulfide) groups is 1.